The Kier molecular flexibility index (Phi) is 9.50. The SMILES string of the molecule is C=Cc1sc2cccc(-c3nc(-c4cccc5oc6ccc(-c7cccc8c7-c7ccccc7C8(c7ccccc7)c7ccccc7)cc6c45)nc(-c4cccc5sc6ccccc6c45)n3)c2c1/C=C\C. The molecule has 0 unspecified atom stereocenters. The number of nitrogens with zero attached hydrogens (tertiary/aromatic N) is 3. The van der Waals surface area contributed by atoms with E-state index in [0.717, 1.165) is 75.7 Å². The molecule has 14 rings (SSSR count). The minimum Gasteiger partial charge on any atom is -0.456 e. The van der Waals surface area contributed by atoms with Gasteiger partial charge >= 0.3 is 0 Å². The fourth-order valence-corrected chi connectivity index (χ4v) is 13.7. The van der Waals surface area contributed by atoms with E-state index in [-0.39, 0.29) is 0 Å². The number of rotatable bonds is 8. The highest BCUT2D eigenvalue weighted by molar-refractivity contribution is 7.26. The molecule has 4 nitrogen and oxygen atoms in total. The van der Waals surface area contributed by atoms with E-state index >= 15 is 0 Å². The van der Waals surface area contributed by atoms with Crippen molar-refractivity contribution < 1.29 is 4.42 Å². The Morgan fingerprint density at radius 3 is 1.75 bits per heavy atom. The molecule has 71 heavy (non-hydrogen) atoms. The largest absolute Gasteiger partial charge is 0.456 e. The van der Waals surface area contributed by atoms with Crippen LogP contribution < -0.4 is 0 Å². The van der Waals surface area contributed by atoms with Gasteiger partial charge in [-0.05, 0) is 87.8 Å². The van der Waals surface area contributed by atoms with Crippen LogP contribution in [0.25, 0.3) is 121 Å². The summed E-state index contributed by atoms with van der Waals surface area (Å²) in [5, 5.41) is 5.39. The topological polar surface area (TPSA) is 51.8 Å². The van der Waals surface area contributed by atoms with Crippen molar-refractivity contribution in [3.05, 3.63) is 246 Å². The lowest BCUT2D eigenvalue weighted by atomic mass is 9.67. The van der Waals surface area contributed by atoms with E-state index in [4.69, 9.17) is 19.4 Å². The molecule has 0 atom stereocenters. The highest BCUT2D eigenvalue weighted by Gasteiger charge is 2.46. The van der Waals surface area contributed by atoms with Crippen molar-refractivity contribution in [3.8, 4) is 56.4 Å². The summed E-state index contributed by atoms with van der Waals surface area (Å²) in [6.07, 6.45) is 6.20. The van der Waals surface area contributed by atoms with Gasteiger partial charge in [-0.25, -0.2) is 15.0 Å². The zero-order valence-electron chi connectivity index (χ0n) is 38.6. The summed E-state index contributed by atoms with van der Waals surface area (Å²) in [5.74, 6) is 1.80. The van der Waals surface area contributed by atoms with E-state index in [9.17, 15) is 0 Å². The molecule has 4 aromatic heterocycles. The van der Waals surface area contributed by atoms with Crippen LogP contribution in [0.5, 0.6) is 0 Å². The van der Waals surface area contributed by atoms with Crippen LogP contribution in [0.2, 0.25) is 0 Å². The van der Waals surface area contributed by atoms with Crippen LogP contribution in [0.1, 0.15) is 39.6 Å². The maximum absolute atomic E-state index is 6.76. The summed E-state index contributed by atoms with van der Waals surface area (Å²) >= 11 is 3.52. The van der Waals surface area contributed by atoms with Gasteiger partial charge in [0.2, 0.25) is 0 Å². The molecule has 9 aromatic carbocycles. The van der Waals surface area contributed by atoms with Gasteiger partial charge < -0.3 is 4.42 Å². The van der Waals surface area contributed by atoms with Crippen molar-refractivity contribution in [2.24, 2.45) is 0 Å². The Morgan fingerprint density at radius 2 is 1.03 bits per heavy atom. The fraction of sp³-hybridized carbons (Fsp3) is 0.0308. The Balaban J connectivity index is 1.02. The van der Waals surface area contributed by atoms with Crippen molar-refractivity contribution >= 4 is 87.0 Å². The number of hydrogen-bond acceptors (Lipinski definition) is 6. The molecule has 0 spiro atoms. The lowest BCUT2D eigenvalue weighted by Crippen LogP contribution is -2.28. The first-order valence-corrected chi connectivity index (χ1v) is 25.5. The van der Waals surface area contributed by atoms with Crippen LogP contribution >= 0.6 is 22.7 Å². The van der Waals surface area contributed by atoms with Gasteiger partial charge in [0.25, 0.3) is 0 Å². The van der Waals surface area contributed by atoms with Gasteiger partial charge in [-0.3, -0.25) is 0 Å². The van der Waals surface area contributed by atoms with Gasteiger partial charge in [-0.2, -0.15) is 0 Å². The van der Waals surface area contributed by atoms with E-state index in [0.29, 0.717) is 17.5 Å². The van der Waals surface area contributed by atoms with Crippen LogP contribution in [0, 0.1) is 0 Å². The van der Waals surface area contributed by atoms with E-state index in [1.807, 2.05) is 12.1 Å². The third kappa shape index (κ3) is 6.18. The van der Waals surface area contributed by atoms with Crippen LogP contribution in [-0.4, -0.2) is 15.0 Å². The number of fused-ring (bicyclic) bond motifs is 10. The average Bonchev–Trinajstić information content (AvgIpc) is 4.20. The summed E-state index contributed by atoms with van der Waals surface area (Å²) in [6, 6.07) is 72.1. The predicted molar refractivity (Wildman–Crippen MR) is 299 cm³/mol. The molecular formula is C65H41N3OS2. The summed E-state index contributed by atoms with van der Waals surface area (Å²) in [5.41, 5.74) is 14.7. The molecular weight excluding hydrogens is 903 g/mol. The summed E-state index contributed by atoms with van der Waals surface area (Å²) in [4.78, 5) is 17.5. The zero-order chi connectivity index (χ0) is 47.2. The van der Waals surface area contributed by atoms with Crippen molar-refractivity contribution in [3.63, 3.8) is 0 Å². The maximum Gasteiger partial charge on any atom is 0.164 e. The minimum absolute atomic E-state index is 0.508. The summed E-state index contributed by atoms with van der Waals surface area (Å²) in [6.45, 7) is 6.24. The molecule has 1 aliphatic carbocycles. The third-order valence-corrected chi connectivity index (χ3v) is 16.7. The Morgan fingerprint density at radius 1 is 0.465 bits per heavy atom. The normalized spacial score (nSPS) is 13.0. The molecule has 0 radical (unpaired) electrons. The van der Waals surface area contributed by atoms with E-state index in [1.165, 1.54) is 48.2 Å². The van der Waals surface area contributed by atoms with Crippen molar-refractivity contribution in [2.75, 3.05) is 0 Å². The number of hydrogen-bond donors (Lipinski definition) is 0. The first kappa shape index (κ1) is 41.4. The second-order valence-corrected chi connectivity index (χ2v) is 20.3. The Bertz CT molecular complexity index is 4290. The highest BCUT2D eigenvalue weighted by atomic mass is 32.1. The number of thiophene rings is 2. The van der Waals surface area contributed by atoms with E-state index in [2.05, 4.69) is 220 Å². The molecule has 13 aromatic rings. The minimum atomic E-state index is -0.508. The maximum atomic E-state index is 6.76. The molecule has 0 bridgehead atoms. The molecule has 0 fully saturated rings. The second-order valence-electron chi connectivity index (χ2n) is 18.1. The van der Waals surface area contributed by atoms with Crippen LogP contribution in [0.4, 0.5) is 0 Å². The standard InChI is InChI=1S/C65H41N3OS2/c1-3-19-44-54(4-2)70-56-34-17-28-47(60(44)56)63-66-62(67-64(68-63)48-29-18-35-57-61(48)45-25-12-14-33-55(45)71-57)46-27-16-32-53-59(46)49-38-39(36-37-52(49)69-53)42-26-15-31-51-58(42)43-24-11-13-30-50(43)65(51,40-20-7-5-8-21-40)41-22-9-6-10-23-41/h3-38H,2H2,1H3/b19-3-. The molecule has 0 saturated heterocycles. The molecule has 0 aliphatic heterocycles. The number of allylic oxidation sites excluding steroid dienone is 1. The lowest BCUT2D eigenvalue weighted by Gasteiger charge is -2.34. The molecule has 0 N–H and O–H groups in total. The van der Waals surface area contributed by atoms with Crippen LogP contribution in [0.15, 0.2) is 217 Å². The number of aromatic nitrogens is 3. The van der Waals surface area contributed by atoms with Gasteiger partial charge in [0.15, 0.2) is 17.5 Å². The third-order valence-electron chi connectivity index (χ3n) is 14.3. The smallest absolute Gasteiger partial charge is 0.164 e. The highest BCUT2D eigenvalue weighted by Crippen LogP contribution is 2.58. The van der Waals surface area contributed by atoms with E-state index in [1.54, 1.807) is 22.7 Å². The average molecular weight is 944 g/mol. The first-order valence-electron chi connectivity index (χ1n) is 23.9. The van der Waals surface area contributed by atoms with Gasteiger partial charge in [0, 0.05) is 68.2 Å². The summed E-state index contributed by atoms with van der Waals surface area (Å²) in [7, 11) is 0. The number of benzene rings is 9. The van der Waals surface area contributed by atoms with Gasteiger partial charge in [0.05, 0.1) is 5.41 Å². The molecule has 1 aliphatic rings. The number of furan rings is 1. The second kappa shape index (κ2) is 16.3. The molecule has 6 heteroatoms. The van der Waals surface area contributed by atoms with Crippen LogP contribution in [0.3, 0.4) is 0 Å². The monoisotopic (exact) mass is 943 g/mol. The Hall–Kier alpha value is -8.55. The van der Waals surface area contributed by atoms with Crippen LogP contribution in [-0.2, 0) is 5.41 Å². The zero-order valence-corrected chi connectivity index (χ0v) is 40.2. The van der Waals surface area contributed by atoms with Crippen molar-refractivity contribution in [1.29, 1.82) is 0 Å². The lowest BCUT2D eigenvalue weighted by molar-refractivity contribution is 0.669. The summed E-state index contributed by atoms with van der Waals surface area (Å²) < 4.78 is 10.3. The molecule has 334 valence electrons. The predicted octanol–water partition coefficient (Wildman–Crippen LogP) is 18.1. The first-order chi connectivity index (χ1) is 35.1. The van der Waals surface area contributed by atoms with E-state index < -0.39 is 5.41 Å². The van der Waals surface area contributed by atoms with Gasteiger partial charge in [-0.15, -0.1) is 22.7 Å². The van der Waals surface area contributed by atoms with Crippen molar-refractivity contribution in [1.82, 2.24) is 15.0 Å². The molecule has 4 heterocycles. The quantitative estimate of drug-likeness (QED) is 0.152. The molecule has 0 saturated carbocycles. The van der Waals surface area contributed by atoms with Gasteiger partial charge in [0.1, 0.15) is 11.2 Å². The fourth-order valence-electron chi connectivity index (χ4n) is 11.5. The van der Waals surface area contributed by atoms with Crippen molar-refractivity contribution in [2.45, 2.75) is 12.3 Å². The molecule has 0 amide bonds. The van der Waals surface area contributed by atoms with Gasteiger partial charge in [-0.1, -0.05) is 189 Å². The Labute approximate surface area is 418 Å².